The molecule has 1 aromatic rings. The van der Waals surface area contributed by atoms with Crippen LogP contribution in [0.4, 0.5) is 0 Å². The third kappa shape index (κ3) is 4.42. The number of β-amino-alcohol motifs (C(OH)–C–C–N with tert-alkyl or cyclic N) is 1. The second-order valence-electron chi connectivity index (χ2n) is 4.95. The zero-order valence-electron chi connectivity index (χ0n) is 11.7. The number of aliphatic carboxylic acids is 1. The number of thioether (sulfide) groups is 1. The van der Waals surface area contributed by atoms with Crippen molar-refractivity contribution in [1.82, 2.24) is 9.88 Å². The van der Waals surface area contributed by atoms with E-state index in [1.165, 1.54) is 4.90 Å². The van der Waals surface area contributed by atoms with Crippen LogP contribution in [0.25, 0.3) is 0 Å². The molecular formula is C13H18N2O4S2. The fourth-order valence-electron chi connectivity index (χ4n) is 2.28. The monoisotopic (exact) mass is 330 g/mol. The molecule has 21 heavy (non-hydrogen) atoms. The smallest absolute Gasteiger partial charge is 0.326 e. The van der Waals surface area contributed by atoms with E-state index in [2.05, 4.69) is 4.98 Å². The number of hydrogen-bond donors (Lipinski definition) is 2. The van der Waals surface area contributed by atoms with Gasteiger partial charge in [-0.2, -0.15) is 11.8 Å². The number of amides is 1. The van der Waals surface area contributed by atoms with Gasteiger partial charge in [0.1, 0.15) is 6.04 Å². The Morgan fingerprint density at radius 1 is 1.57 bits per heavy atom. The van der Waals surface area contributed by atoms with E-state index in [0.29, 0.717) is 5.75 Å². The first-order valence-electron chi connectivity index (χ1n) is 6.66. The molecule has 0 spiro atoms. The van der Waals surface area contributed by atoms with E-state index in [4.69, 9.17) is 5.11 Å². The highest BCUT2D eigenvalue weighted by molar-refractivity contribution is 7.98. The molecule has 0 radical (unpaired) electrons. The van der Waals surface area contributed by atoms with Crippen molar-refractivity contribution in [3.63, 3.8) is 0 Å². The zero-order valence-corrected chi connectivity index (χ0v) is 13.3. The van der Waals surface area contributed by atoms with Crippen LogP contribution in [0.1, 0.15) is 23.5 Å². The number of aromatic nitrogens is 1. The van der Waals surface area contributed by atoms with Crippen LogP contribution in [0.3, 0.4) is 0 Å². The fourth-order valence-corrected chi connectivity index (χ4v) is 3.82. The summed E-state index contributed by atoms with van der Waals surface area (Å²) in [6.07, 6.45) is -0.336. The average molecular weight is 330 g/mol. The van der Waals surface area contributed by atoms with Gasteiger partial charge in [-0.25, -0.2) is 9.78 Å². The number of carbonyl (C=O) groups is 2. The summed E-state index contributed by atoms with van der Waals surface area (Å²) in [5.74, 6) is 0.114. The van der Waals surface area contributed by atoms with Crippen molar-refractivity contribution in [2.24, 2.45) is 0 Å². The quantitative estimate of drug-likeness (QED) is 0.760. The molecule has 116 valence electrons. The highest BCUT2D eigenvalue weighted by Crippen LogP contribution is 2.21. The summed E-state index contributed by atoms with van der Waals surface area (Å²) in [5.41, 5.74) is 1.01. The standard InChI is InChI=1S/C13H18N2O4S2/c1-8-14-9(7-21-8)6-20-3-2-12(17)15-5-10(16)4-11(15)13(18)19/h7,10-11,16H,2-6H2,1H3,(H,18,19)/t10-,11-/m0/s1. The average Bonchev–Trinajstić information content (AvgIpc) is 3.00. The van der Waals surface area contributed by atoms with Gasteiger partial charge in [0.2, 0.25) is 5.91 Å². The fraction of sp³-hybridized carbons (Fsp3) is 0.615. The molecule has 2 N–H and O–H groups in total. The van der Waals surface area contributed by atoms with Crippen LogP contribution in [-0.4, -0.2) is 56.4 Å². The summed E-state index contributed by atoms with van der Waals surface area (Å²) < 4.78 is 0. The third-order valence-corrected chi connectivity index (χ3v) is 5.08. The first-order valence-corrected chi connectivity index (χ1v) is 8.70. The molecule has 1 amide bonds. The molecule has 6 nitrogen and oxygen atoms in total. The van der Waals surface area contributed by atoms with Crippen molar-refractivity contribution >= 4 is 35.0 Å². The second kappa shape index (κ2) is 7.24. The largest absolute Gasteiger partial charge is 0.480 e. The zero-order chi connectivity index (χ0) is 15.4. The van der Waals surface area contributed by atoms with Gasteiger partial charge < -0.3 is 15.1 Å². The molecule has 0 bridgehead atoms. The highest BCUT2D eigenvalue weighted by atomic mass is 32.2. The first kappa shape index (κ1) is 16.3. The topological polar surface area (TPSA) is 90.7 Å². The minimum absolute atomic E-state index is 0.117. The SMILES string of the molecule is Cc1nc(CSCCC(=O)N2C[C@@H](O)C[C@H]2C(=O)O)cs1. The molecule has 0 saturated carbocycles. The van der Waals surface area contributed by atoms with E-state index in [0.717, 1.165) is 16.5 Å². The predicted molar refractivity (Wildman–Crippen MR) is 81.4 cm³/mol. The van der Waals surface area contributed by atoms with E-state index in [9.17, 15) is 14.7 Å². The van der Waals surface area contributed by atoms with E-state index in [-0.39, 0.29) is 25.3 Å². The van der Waals surface area contributed by atoms with Crippen LogP contribution in [0.2, 0.25) is 0 Å². The molecule has 1 aliphatic rings. The van der Waals surface area contributed by atoms with Crippen molar-refractivity contribution < 1.29 is 19.8 Å². The van der Waals surface area contributed by atoms with Crippen molar-refractivity contribution in [2.75, 3.05) is 12.3 Å². The Bertz CT molecular complexity index is 520. The van der Waals surface area contributed by atoms with E-state index >= 15 is 0 Å². The van der Waals surface area contributed by atoms with E-state index < -0.39 is 18.1 Å². The minimum Gasteiger partial charge on any atom is -0.480 e. The molecule has 2 rings (SSSR count). The lowest BCUT2D eigenvalue weighted by molar-refractivity contribution is -0.148. The number of hydrogen-bond acceptors (Lipinski definition) is 6. The Labute approximate surface area is 131 Å². The number of likely N-dealkylation sites (tertiary alicyclic amines) is 1. The number of thiazole rings is 1. The summed E-state index contributed by atoms with van der Waals surface area (Å²) in [7, 11) is 0. The van der Waals surface area contributed by atoms with E-state index in [1.807, 2.05) is 12.3 Å². The van der Waals surface area contributed by atoms with Gasteiger partial charge in [0.05, 0.1) is 16.8 Å². The van der Waals surface area contributed by atoms with Crippen LogP contribution < -0.4 is 0 Å². The Kier molecular flexibility index (Phi) is 5.60. The lowest BCUT2D eigenvalue weighted by Gasteiger charge is -2.20. The van der Waals surface area contributed by atoms with Crippen molar-refractivity contribution in [1.29, 1.82) is 0 Å². The second-order valence-corrected chi connectivity index (χ2v) is 7.12. The predicted octanol–water partition coefficient (Wildman–Crippen LogP) is 1.12. The molecule has 2 atom stereocenters. The number of carbonyl (C=O) groups excluding carboxylic acids is 1. The molecule has 0 aliphatic carbocycles. The Hall–Kier alpha value is -1.12. The van der Waals surface area contributed by atoms with Crippen LogP contribution >= 0.6 is 23.1 Å². The van der Waals surface area contributed by atoms with Crippen molar-refractivity contribution in [3.8, 4) is 0 Å². The third-order valence-electron chi connectivity index (χ3n) is 3.26. The molecule has 1 aliphatic heterocycles. The van der Waals surface area contributed by atoms with Gasteiger partial charge in [-0.1, -0.05) is 0 Å². The number of carboxylic acids is 1. The number of aliphatic hydroxyl groups is 1. The van der Waals surface area contributed by atoms with E-state index in [1.54, 1.807) is 23.1 Å². The molecular weight excluding hydrogens is 312 g/mol. The van der Waals surface area contributed by atoms with Gasteiger partial charge in [-0.05, 0) is 6.92 Å². The Morgan fingerprint density at radius 3 is 2.95 bits per heavy atom. The van der Waals surface area contributed by atoms with Gasteiger partial charge in [0.25, 0.3) is 0 Å². The summed E-state index contributed by atoms with van der Waals surface area (Å²) in [6.45, 7) is 2.07. The summed E-state index contributed by atoms with van der Waals surface area (Å²) in [5, 5.41) is 21.6. The summed E-state index contributed by atoms with van der Waals surface area (Å²) in [4.78, 5) is 28.7. The lowest BCUT2D eigenvalue weighted by atomic mass is 10.2. The maximum atomic E-state index is 12.0. The van der Waals surface area contributed by atoms with Crippen molar-refractivity contribution in [2.45, 2.75) is 37.7 Å². The first-order chi connectivity index (χ1) is 9.97. The van der Waals surface area contributed by atoms with Crippen molar-refractivity contribution in [3.05, 3.63) is 16.1 Å². The van der Waals surface area contributed by atoms with Crippen LogP contribution in [0.15, 0.2) is 5.38 Å². The molecule has 1 saturated heterocycles. The molecule has 1 fully saturated rings. The number of nitrogens with zero attached hydrogens (tertiary/aromatic N) is 2. The normalized spacial score (nSPS) is 21.7. The molecule has 8 heteroatoms. The Morgan fingerprint density at radius 2 is 2.33 bits per heavy atom. The molecule has 0 aromatic carbocycles. The van der Waals surface area contributed by atoms with Gasteiger partial charge >= 0.3 is 5.97 Å². The Balaban J connectivity index is 1.75. The number of aryl methyl sites for hydroxylation is 1. The van der Waals surface area contributed by atoms with Gasteiger partial charge in [0.15, 0.2) is 0 Å². The molecule has 0 unspecified atom stereocenters. The van der Waals surface area contributed by atoms with Crippen LogP contribution in [0.5, 0.6) is 0 Å². The number of carboxylic acid groups (broad SMARTS) is 1. The number of rotatable bonds is 6. The number of aliphatic hydroxyl groups excluding tert-OH is 1. The maximum Gasteiger partial charge on any atom is 0.326 e. The minimum atomic E-state index is -1.05. The summed E-state index contributed by atoms with van der Waals surface area (Å²) in [6, 6.07) is -0.890. The van der Waals surface area contributed by atoms with Crippen LogP contribution in [0, 0.1) is 6.92 Å². The molecule has 2 heterocycles. The lowest BCUT2D eigenvalue weighted by Crippen LogP contribution is -2.40. The highest BCUT2D eigenvalue weighted by Gasteiger charge is 2.38. The van der Waals surface area contributed by atoms with Gasteiger partial charge in [0, 0.05) is 36.3 Å². The van der Waals surface area contributed by atoms with Gasteiger partial charge in [-0.3, -0.25) is 4.79 Å². The molecule has 1 aromatic heterocycles. The van der Waals surface area contributed by atoms with Gasteiger partial charge in [-0.15, -0.1) is 11.3 Å². The maximum absolute atomic E-state index is 12.0. The summed E-state index contributed by atoms with van der Waals surface area (Å²) >= 11 is 3.20. The van der Waals surface area contributed by atoms with Crippen LogP contribution in [-0.2, 0) is 15.3 Å².